The van der Waals surface area contributed by atoms with E-state index >= 15 is 0 Å². The van der Waals surface area contributed by atoms with Crippen LogP contribution in [0.2, 0.25) is 0 Å². The first-order chi connectivity index (χ1) is 8.74. The fourth-order valence-electron chi connectivity index (χ4n) is 1.85. The third-order valence-corrected chi connectivity index (χ3v) is 2.90. The van der Waals surface area contributed by atoms with Crippen LogP contribution in [0, 0.1) is 0 Å². The number of aliphatic hydroxyl groups is 1. The van der Waals surface area contributed by atoms with Crippen LogP contribution in [-0.2, 0) is 13.6 Å². The Hall–Kier alpha value is -1.76. The summed E-state index contributed by atoms with van der Waals surface area (Å²) in [5.74, 6) is 0. The molecule has 0 aliphatic heterocycles. The molecule has 2 rings (SSSR count). The zero-order chi connectivity index (χ0) is 13.0. The van der Waals surface area contributed by atoms with Crippen LogP contribution in [0.25, 0.3) is 11.0 Å². The molecule has 7 nitrogen and oxygen atoms in total. The Bertz CT molecular complexity index is 574. The number of nitrogens with zero attached hydrogens (tertiary/aromatic N) is 5. The van der Waals surface area contributed by atoms with E-state index in [4.69, 9.17) is 5.11 Å². The van der Waals surface area contributed by atoms with Gasteiger partial charge in [0.2, 0.25) is 0 Å². The van der Waals surface area contributed by atoms with E-state index < -0.39 is 0 Å². The van der Waals surface area contributed by atoms with Crippen LogP contribution in [0.3, 0.4) is 0 Å². The highest BCUT2D eigenvalue weighted by molar-refractivity contribution is 5.72. The van der Waals surface area contributed by atoms with E-state index in [2.05, 4.69) is 15.4 Å². The largest absolute Gasteiger partial charge is 0.396 e. The van der Waals surface area contributed by atoms with Gasteiger partial charge < -0.3 is 5.11 Å². The van der Waals surface area contributed by atoms with E-state index in [9.17, 15) is 4.79 Å². The van der Waals surface area contributed by atoms with Gasteiger partial charge in [-0.2, -0.15) is 5.10 Å². The maximum Gasteiger partial charge on any atom is 0.280 e. The standard InChI is InChI=1S/C11H17N5O2/c1-15-10-9(8-12-15)11(18)16(14-13-10)6-4-2-3-5-7-17/h8,17H,2-7H2,1H3. The summed E-state index contributed by atoms with van der Waals surface area (Å²) in [6.45, 7) is 0.781. The Morgan fingerprint density at radius 2 is 2.06 bits per heavy atom. The Morgan fingerprint density at radius 1 is 1.28 bits per heavy atom. The molecule has 0 atom stereocenters. The predicted octanol–water partition coefficient (Wildman–Crippen LogP) is 0.0777. The predicted molar refractivity (Wildman–Crippen MR) is 66.1 cm³/mol. The van der Waals surface area contributed by atoms with Gasteiger partial charge in [-0.05, 0) is 12.8 Å². The summed E-state index contributed by atoms with van der Waals surface area (Å²) in [6, 6.07) is 0. The highest BCUT2D eigenvalue weighted by atomic mass is 16.2. The molecule has 0 aromatic carbocycles. The second kappa shape index (κ2) is 5.72. The van der Waals surface area contributed by atoms with Crippen LogP contribution in [0.15, 0.2) is 11.0 Å². The van der Waals surface area contributed by atoms with Crippen LogP contribution in [-0.4, -0.2) is 36.5 Å². The molecule has 0 saturated heterocycles. The second-order valence-electron chi connectivity index (χ2n) is 4.26. The third-order valence-electron chi connectivity index (χ3n) is 2.90. The van der Waals surface area contributed by atoms with E-state index in [1.54, 1.807) is 7.05 Å². The highest BCUT2D eigenvalue weighted by Crippen LogP contribution is 2.03. The van der Waals surface area contributed by atoms with Crippen molar-refractivity contribution >= 4 is 11.0 Å². The number of fused-ring (bicyclic) bond motifs is 1. The lowest BCUT2D eigenvalue weighted by Gasteiger charge is -2.03. The number of hydrogen-bond acceptors (Lipinski definition) is 5. The molecule has 2 heterocycles. The maximum atomic E-state index is 12.0. The smallest absolute Gasteiger partial charge is 0.280 e. The van der Waals surface area contributed by atoms with Crippen molar-refractivity contribution in [2.75, 3.05) is 6.61 Å². The molecule has 0 bridgehead atoms. The number of aromatic nitrogens is 5. The monoisotopic (exact) mass is 251 g/mol. The van der Waals surface area contributed by atoms with Gasteiger partial charge in [0.15, 0.2) is 5.65 Å². The maximum absolute atomic E-state index is 12.0. The summed E-state index contributed by atoms with van der Waals surface area (Å²) in [6.07, 6.45) is 5.13. The number of rotatable bonds is 6. The molecule has 0 radical (unpaired) electrons. The van der Waals surface area contributed by atoms with Gasteiger partial charge >= 0.3 is 0 Å². The first kappa shape index (κ1) is 12.7. The van der Waals surface area contributed by atoms with Crippen LogP contribution < -0.4 is 5.56 Å². The minimum Gasteiger partial charge on any atom is -0.396 e. The molecule has 0 unspecified atom stereocenters. The van der Waals surface area contributed by atoms with Gasteiger partial charge in [-0.15, -0.1) is 5.10 Å². The zero-order valence-corrected chi connectivity index (χ0v) is 10.4. The fraction of sp³-hybridized carbons (Fsp3) is 0.636. The van der Waals surface area contributed by atoms with Crippen molar-refractivity contribution in [2.24, 2.45) is 7.05 Å². The molecule has 1 N–H and O–H groups in total. The van der Waals surface area contributed by atoms with Crippen molar-refractivity contribution in [3.8, 4) is 0 Å². The first-order valence-electron chi connectivity index (χ1n) is 6.10. The van der Waals surface area contributed by atoms with Gasteiger partial charge in [-0.1, -0.05) is 18.1 Å². The molecular formula is C11H17N5O2. The number of aliphatic hydroxyl groups excluding tert-OH is 1. The van der Waals surface area contributed by atoms with Gasteiger partial charge in [-0.3, -0.25) is 4.79 Å². The van der Waals surface area contributed by atoms with Crippen LogP contribution in [0.1, 0.15) is 25.7 Å². The normalized spacial score (nSPS) is 11.2. The topological polar surface area (TPSA) is 85.8 Å². The van der Waals surface area contributed by atoms with E-state index in [1.807, 2.05) is 0 Å². The average molecular weight is 251 g/mol. The number of unbranched alkanes of at least 4 members (excludes halogenated alkanes) is 3. The summed E-state index contributed by atoms with van der Waals surface area (Å²) in [7, 11) is 1.73. The Balaban J connectivity index is 2.05. The Morgan fingerprint density at radius 3 is 2.83 bits per heavy atom. The molecule has 0 spiro atoms. The lowest BCUT2D eigenvalue weighted by Crippen LogP contribution is -2.24. The van der Waals surface area contributed by atoms with Crippen molar-refractivity contribution in [3.63, 3.8) is 0 Å². The third kappa shape index (κ3) is 2.56. The molecule has 0 fully saturated rings. The summed E-state index contributed by atoms with van der Waals surface area (Å²) in [5, 5.41) is 21.0. The zero-order valence-electron chi connectivity index (χ0n) is 10.4. The quantitative estimate of drug-likeness (QED) is 0.735. The van der Waals surface area contributed by atoms with E-state index in [1.165, 1.54) is 15.6 Å². The molecule has 98 valence electrons. The molecule has 0 amide bonds. The Labute approximate surface area is 104 Å². The Kier molecular flexibility index (Phi) is 4.03. The molecule has 0 saturated carbocycles. The molecule has 0 aliphatic rings. The molecular weight excluding hydrogens is 234 g/mol. The number of aryl methyl sites for hydroxylation is 2. The highest BCUT2D eigenvalue weighted by Gasteiger charge is 2.08. The minimum atomic E-state index is -0.143. The van der Waals surface area contributed by atoms with Gasteiger partial charge in [0.25, 0.3) is 5.56 Å². The van der Waals surface area contributed by atoms with Crippen LogP contribution >= 0.6 is 0 Å². The molecule has 7 heteroatoms. The summed E-state index contributed by atoms with van der Waals surface area (Å²) in [4.78, 5) is 12.0. The van der Waals surface area contributed by atoms with Gasteiger partial charge in [0, 0.05) is 20.2 Å². The van der Waals surface area contributed by atoms with E-state index in [0.29, 0.717) is 17.6 Å². The average Bonchev–Trinajstić information content (AvgIpc) is 2.74. The lowest BCUT2D eigenvalue weighted by molar-refractivity contribution is 0.281. The van der Waals surface area contributed by atoms with Crippen molar-refractivity contribution in [1.29, 1.82) is 0 Å². The van der Waals surface area contributed by atoms with Gasteiger partial charge in [0.05, 0.1) is 6.20 Å². The SMILES string of the molecule is Cn1ncc2c(=O)n(CCCCCCO)nnc21. The summed E-state index contributed by atoms with van der Waals surface area (Å²) < 4.78 is 2.91. The molecule has 0 aliphatic carbocycles. The number of hydrogen-bond donors (Lipinski definition) is 1. The fourth-order valence-corrected chi connectivity index (χ4v) is 1.85. The summed E-state index contributed by atoms with van der Waals surface area (Å²) in [5.41, 5.74) is 0.367. The minimum absolute atomic E-state index is 0.143. The molecule has 2 aromatic rings. The van der Waals surface area contributed by atoms with Gasteiger partial charge in [0.1, 0.15) is 5.39 Å². The van der Waals surface area contributed by atoms with Crippen molar-refractivity contribution in [3.05, 3.63) is 16.6 Å². The van der Waals surface area contributed by atoms with E-state index in [-0.39, 0.29) is 12.2 Å². The van der Waals surface area contributed by atoms with Gasteiger partial charge in [-0.25, -0.2) is 9.36 Å². The van der Waals surface area contributed by atoms with Crippen molar-refractivity contribution in [1.82, 2.24) is 24.8 Å². The van der Waals surface area contributed by atoms with Crippen LogP contribution in [0.4, 0.5) is 0 Å². The van der Waals surface area contributed by atoms with Crippen molar-refractivity contribution < 1.29 is 5.11 Å². The van der Waals surface area contributed by atoms with Crippen molar-refractivity contribution in [2.45, 2.75) is 32.2 Å². The summed E-state index contributed by atoms with van der Waals surface area (Å²) >= 11 is 0. The molecule has 18 heavy (non-hydrogen) atoms. The van der Waals surface area contributed by atoms with E-state index in [0.717, 1.165) is 25.7 Å². The first-order valence-corrected chi connectivity index (χ1v) is 6.10. The lowest BCUT2D eigenvalue weighted by atomic mass is 10.2. The molecule has 2 aromatic heterocycles. The van der Waals surface area contributed by atoms with Crippen LogP contribution in [0.5, 0.6) is 0 Å². The second-order valence-corrected chi connectivity index (χ2v) is 4.26.